The van der Waals surface area contributed by atoms with Crippen LogP contribution < -0.4 is 5.11 Å². The van der Waals surface area contributed by atoms with Crippen molar-refractivity contribution in [1.29, 1.82) is 0 Å². The summed E-state index contributed by atoms with van der Waals surface area (Å²) in [6, 6.07) is 15.7. The summed E-state index contributed by atoms with van der Waals surface area (Å²) >= 11 is 0. The normalized spacial score (nSPS) is 14.0. The Hall–Kier alpha value is -2.52. The van der Waals surface area contributed by atoms with Crippen molar-refractivity contribution >= 4 is 16.9 Å². The van der Waals surface area contributed by atoms with Crippen molar-refractivity contribution in [3.05, 3.63) is 86.5 Å². The third-order valence-electron chi connectivity index (χ3n) is 11.8. The fourth-order valence-corrected chi connectivity index (χ4v) is 11.8. The van der Waals surface area contributed by atoms with Gasteiger partial charge in [-0.1, -0.05) is 200 Å². The van der Waals surface area contributed by atoms with Gasteiger partial charge < -0.3 is 9.90 Å². The minimum absolute atomic E-state index is 0.0140. The lowest BCUT2D eigenvalue weighted by atomic mass is 9.75. The van der Waals surface area contributed by atoms with E-state index in [2.05, 4.69) is 223 Å². The maximum atomic E-state index is 9.49. The van der Waals surface area contributed by atoms with Gasteiger partial charge in [-0.15, -0.1) is 0 Å². The van der Waals surface area contributed by atoms with Crippen molar-refractivity contribution in [1.82, 2.24) is 0 Å². The van der Waals surface area contributed by atoms with Crippen molar-refractivity contribution in [2.45, 2.75) is 270 Å². The van der Waals surface area contributed by atoms with Gasteiger partial charge in [0, 0.05) is 39.4 Å². The molecule has 0 aromatic heterocycles. The lowest BCUT2D eigenvalue weighted by molar-refractivity contribution is -0.305. The molecular weight excluding hydrogens is 761 g/mol. The summed E-state index contributed by atoms with van der Waals surface area (Å²) in [5, 5.41) is 9.49. The first-order chi connectivity index (χ1) is 26.8. The second kappa shape index (κ2) is 17.8. The number of carbonyl (C=O) groups excluding carboxylic acids is 1. The molecule has 0 saturated heterocycles. The number of carboxylic acids is 1. The predicted molar refractivity (Wildman–Crippen MR) is 270 cm³/mol. The average molecular weight is 855 g/mol. The summed E-state index contributed by atoms with van der Waals surface area (Å²) < 4.78 is 0. The third-order valence-corrected chi connectivity index (χ3v) is 14.3. The molecule has 0 fully saturated rings. The molecule has 0 N–H and O–H groups in total. The summed E-state index contributed by atoms with van der Waals surface area (Å²) in [7, 11) is -0.468. The van der Waals surface area contributed by atoms with Crippen LogP contribution in [0.4, 0.5) is 0 Å². The van der Waals surface area contributed by atoms with E-state index >= 15 is 0 Å². The lowest BCUT2D eigenvalue weighted by Crippen LogP contribution is -2.33. The van der Waals surface area contributed by atoms with Crippen LogP contribution in [0.25, 0.3) is 0 Å². The van der Waals surface area contributed by atoms with Gasteiger partial charge in [-0.2, -0.15) is 0 Å². The molecule has 0 radical (unpaired) electrons. The summed E-state index contributed by atoms with van der Waals surface area (Å²) in [6.07, 6.45) is 0.850. The molecule has 0 unspecified atom stereocenters. The molecule has 0 aliphatic heterocycles. The molecule has 3 aromatic rings. The van der Waals surface area contributed by atoms with Gasteiger partial charge in [0.25, 0.3) is 0 Å². The maximum Gasteiger partial charge on any atom is 0.174 e. The van der Waals surface area contributed by atoms with E-state index in [1.54, 1.807) is 21.6 Å². The smallest absolute Gasteiger partial charge is 0.174 e. The van der Waals surface area contributed by atoms with E-state index in [0.717, 1.165) is 0 Å². The Bertz CT molecular complexity index is 1680. The standard InChI is InChI=1S/C54H87S.C4H8O2/c1-46(2,3)34-28-37(49(10,11)12)43(38(29-34)50(13,14)15)55(44-39(51(16,17)18)30-35(47(4,5)6)31-40(44)52(19,20)21)45-41(53(22,23)24)32-36(48(7,8)9)33-42(45)54(25,26)27;1-2-3-4(5)6/h28-33H,1-27H3;2-3H2,1H3,(H,5,6)/q+1;/p-1. The fraction of sp³-hybridized carbons (Fsp3) is 0.672. The van der Waals surface area contributed by atoms with Gasteiger partial charge in [-0.3, -0.25) is 0 Å². The Balaban J connectivity index is 0.00000198. The van der Waals surface area contributed by atoms with E-state index in [-0.39, 0.29) is 55.2 Å². The number of benzene rings is 3. The Morgan fingerprint density at radius 2 is 0.525 bits per heavy atom. The molecule has 0 heterocycles. The van der Waals surface area contributed by atoms with E-state index in [4.69, 9.17) is 0 Å². The Kier molecular flexibility index (Phi) is 15.9. The van der Waals surface area contributed by atoms with Crippen LogP contribution in [0.3, 0.4) is 0 Å². The lowest BCUT2D eigenvalue weighted by Gasteiger charge is -2.38. The molecular formula is C58H94O2S. The van der Waals surface area contributed by atoms with Crippen LogP contribution in [0.2, 0.25) is 0 Å². The van der Waals surface area contributed by atoms with Crippen LogP contribution in [-0.2, 0) is 64.4 Å². The highest BCUT2D eigenvalue weighted by atomic mass is 32.2. The molecule has 344 valence electrons. The molecule has 0 saturated carbocycles. The van der Waals surface area contributed by atoms with Gasteiger partial charge in [0.2, 0.25) is 0 Å². The monoisotopic (exact) mass is 855 g/mol. The Morgan fingerprint density at radius 3 is 0.607 bits per heavy atom. The van der Waals surface area contributed by atoms with Crippen LogP contribution in [0.1, 0.15) is 257 Å². The van der Waals surface area contributed by atoms with Crippen molar-refractivity contribution in [2.24, 2.45) is 0 Å². The molecule has 0 bridgehead atoms. The van der Waals surface area contributed by atoms with Crippen molar-refractivity contribution < 1.29 is 9.90 Å². The van der Waals surface area contributed by atoms with Gasteiger partial charge in [0.1, 0.15) is 10.9 Å². The number of rotatable bonds is 5. The van der Waals surface area contributed by atoms with Gasteiger partial charge in [0.15, 0.2) is 14.7 Å². The quantitative estimate of drug-likeness (QED) is 0.240. The van der Waals surface area contributed by atoms with Crippen molar-refractivity contribution in [3.8, 4) is 0 Å². The van der Waals surface area contributed by atoms with Crippen molar-refractivity contribution in [2.75, 3.05) is 0 Å². The van der Waals surface area contributed by atoms with E-state index in [1.807, 2.05) is 0 Å². The molecule has 0 aliphatic carbocycles. The number of hydrogen-bond donors (Lipinski definition) is 0. The summed E-state index contributed by atoms with van der Waals surface area (Å²) in [4.78, 5) is 14.1. The number of carboxylic acid groups (broad SMARTS) is 1. The van der Waals surface area contributed by atoms with E-state index in [9.17, 15) is 9.90 Å². The molecule has 0 spiro atoms. The Labute approximate surface area is 381 Å². The summed E-state index contributed by atoms with van der Waals surface area (Å²) in [5.74, 6) is -0.961. The van der Waals surface area contributed by atoms with Crippen LogP contribution in [0.5, 0.6) is 0 Å². The highest BCUT2D eigenvalue weighted by Crippen LogP contribution is 2.54. The van der Waals surface area contributed by atoms with Crippen LogP contribution in [-0.4, -0.2) is 5.97 Å². The van der Waals surface area contributed by atoms with Crippen LogP contribution in [0, 0.1) is 0 Å². The van der Waals surface area contributed by atoms with E-state index in [0.29, 0.717) is 6.42 Å². The Morgan fingerprint density at radius 1 is 0.361 bits per heavy atom. The van der Waals surface area contributed by atoms with Crippen LogP contribution in [0.15, 0.2) is 51.1 Å². The van der Waals surface area contributed by atoms with Gasteiger partial charge in [-0.25, -0.2) is 0 Å². The number of carbonyl (C=O) groups is 1. The first-order valence-corrected chi connectivity index (χ1v) is 24.5. The average Bonchev–Trinajstić information content (AvgIpc) is 3.00. The van der Waals surface area contributed by atoms with Crippen molar-refractivity contribution in [3.63, 3.8) is 0 Å². The zero-order chi connectivity index (χ0) is 48.2. The molecule has 0 amide bonds. The zero-order valence-electron chi connectivity index (χ0n) is 45.1. The third kappa shape index (κ3) is 13.5. The molecule has 3 rings (SSSR count). The van der Waals surface area contributed by atoms with E-state index < -0.39 is 16.9 Å². The predicted octanol–water partition coefficient (Wildman–Crippen LogP) is 16.0. The van der Waals surface area contributed by atoms with Gasteiger partial charge >= 0.3 is 0 Å². The first kappa shape index (κ1) is 54.6. The topological polar surface area (TPSA) is 40.1 Å². The molecule has 2 nitrogen and oxygen atoms in total. The second-order valence-electron chi connectivity index (χ2n) is 27.4. The zero-order valence-corrected chi connectivity index (χ0v) is 45.9. The fourth-order valence-electron chi connectivity index (χ4n) is 7.70. The SMILES string of the molecule is CC(C)(C)c1cc(C(C)(C)C)c([S+](c2c(C(C)(C)C)cc(C(C)(C)C)cc2C(C)(C)C)c2c(C(C)(C)C)cc(C(C)(C)C)cc2C(C)(C)C)c(C(C)(C)C)c1.CCCC(=O)[O-]. The molecule has 0 atom stereocenters. The second-order valence-corrected chi connectivity index (χ2v) is 29.2. The molecule has 3 heteroatoms. The maximum absolute atomic E-state index is 9.49. The molecule has 0 aliphatic rings. The van der Waals surface area contributed by atoms with Gasteiger partial charge in [-0.05, 0) is 108 Å². The number of hydrogen-bond acceptors (Lipinski definition) is 2. The molecule has 3 aromatic carbocycles. The summed E-state index contributed by atoms with van der Waals surface area (Å²) in [5.41, 5.74) is 12.7. The molecule has 61 heavy (non-hydrogen) atoms. The minimum atomic E-state index is -0.961. The highest BCUT2D eigenvalue weighted by Gasteiger charge is 2.50. The highest BCUT2D eigenvalue weighted by molar-refractivity contribution is 7.97. The largest absolute Gasteiger partial charge is 0.550 e. The minimum Gasteiger partial charge on any atom is -0.550 e. The first-order valence-electron chi connectivity index (χ1n) is 23.3. The summed E-state index contributed by atoms with van der Waals surface area (Å²) in [6.45, 7) is 67.6. The van der Waals surface area contributed by atoms with Gasteiger partial charge in [0.05, 0.1) is 0 Å². The van der Waals surface area contributed by atoms with E-state index in [1.165, 1.54) is 50.1 Å². The number of aliphatic carboxylic acids is 1. The van der Waals surface area contributed by atoms with Crippen LogP contribution >= 0.6 is 0 Å².